The van der Waals surface area contributed by atoms with Gasteiger partial charge in [0.25, 0.3) is 0 Å². The first-order valence-electron chi connectivity index (χ1n) is 8.97. The van der Waals surface area contributed by atoms with E-state index in [0.717, 1.165) is 34.5 Å². The molecule has 1 N–H and O–H groups in total. The first kappa shape index (κ1) is 19.1. The summed E-state index contributed by atoms with van der Waals surface area (Å²) in [6, 6.07) is 8.20. The van der Waals surface area contributed by atoms with E-state index in [1.807, 2.05) is 26.1 Å². The predicted molar refractivity (Wildman–Crippen MR) is 110 cm³/mol. The van der Waals surface area contributed by atoms with Crippen LogP contribution < -0.4 is 5.32 Å². The minimum atomic E-state index is 0.384. The summed E-state index contributed by atoms with van der Waals surface area (Å²) in [4.78, 5) is 15.6. The highest BCUT2D eigenvalue weighted by Gasteiger charge is 2.10. The second-order valence-electron chi connectivity index (χ2n) is 6.37. The zero-order chi connectivity index (χ0) is 19.2. The van der Waals surface area contributed by atoms with Gasteiger partial charge in [-0.15, -0.1) is 11.3 Å². The Morgan fingerprint density at radius 2 is 2.04 bits per heavy atom. The van der Waals surface area contributed by atoms with Crippen molar-refractivity contribution < 1.29 is 4.42 Å². The van der Waals surface area contributed by atoms with Crippen molar-refractivity contribution in [2.24, 2.45) is 4.99 Å². The van der Waals surface area contributed by atoms with E-state index in [0.29, 0.717) is 19.0 Å². The molecule has 27 heavy (non-hydrogen) atoms. The molecule has 0 fully saturated rings. The summed E-state index contributed by atoms with van der Waals surface area (Å²) in [6.07, 6.45) is 1.75. The summed E-state index contributed by atoms with van der Waals surface area (Å²) in [6.45, 7) is 8.01. The van der Waals surface area contributed by atoms with Gasteiger partial charge in [0, 0.05) is 24.5 Å². The fraction of sp³-hybridized carbons (Fsp3) is 0.350. The SMILES string of the molecule is CCNC(=NCc1ncc(-c2ccc(C)cc2)o1)N(C)Cc1csc(C)n1. The standard InChI is InChI=1S/C20H25N5OS/c1-5-21-20(25(4)12-17-13-27-15(3)24-17)23-11-19-22-10-18(26-19)16-8-6-14(2)7-9-16/h6-10,13H,5,11-12H2,1-4H3,(H,21,23). The molecule has 142 valence electrons. The molecule has 6 nitrogen and oxygen atoms in total. The molecule has 2 heterocycles. The van der Waals surface area contributed by atoms with Gasteiger partial charge in [0.2, 0.25) is 5.89 Å². The number of benzene rings is 1. The van der Waals surface area contributed by atoms with Crippen LogP contribution in [-0.2, 0) is 13.1 Å². The van der Waals surface area contributed by atoms with Crippen molar-refractivity contribution in [3.63, 3.8) is 0 Å². The van der Waals surface area contributed by atoms with Gasteiger partial charge in [0.15, 0.2) is 11.7 Å². The number of rotatable bonds is 6. The number of oxazole rings is 1. The fourth-order valence-corrected chi connectivity index (χ4v) is 3.25. The van der Waals surface area contributed by atoms with Crippen LogP contribution in [0, 0.1) is 13.8 Å². The van der Waals surface area contributed by atoms with Crippen LogP contribution in [0.25, 0.3) is 11.3 Å². The summed E-state index contributed by atoms with van der Waals surface area (Å²) >= 11 is 1.66. The van der Waals surface area contributed by atoms with Crippen molar-refractivity contribution in [1.29, 1.82) is 0 Å². The normalized spacial score (nSPS) is 11.6. The minimum Gasteiger partial charge on any atom is -0.439 e. The Morgan fingerprint density at radius 1 is 1.26 bits per heavy atom. The molecule has 0 aliphatic rings. The molecule has 0 saturated carbocycles. The molecule has 0 amide bonds. The topological polar surface area (TPSA) is 66.6 Å². The molecule has 0 spiro atoms. The van der Waals surface area contributed by atoms with Crippen LogP contribution >= 0.6 is 11.3 Å². The van der Waals surface area contributed by atoms with E-state index in [9.17, 15) is 0 Å². The average Bonchev–Trinajstić information content (AvgIpc) is 3.28. The Bertz CT molecular complexity index is 897. The van der Waals surface area contributed by atoms with Gasteiger partial charge in [-0.3, -0.25) is 0 Å². The van der Waals surface area contributed by atoms with E-state index in [-0.39, 0.29) is 0 Å². The molecule has 0 bridgehead atoms. The molecular weight excluding hydrogens is 358 g/mol. The zero-order valence-electron chi connectivity index (χ0n) is 16.2. The van der Waals surface area contributed by atoms with Gasteiger partial charge >= 0.3 is 0 Å². The zero-order valence-corrected chi connectivity index (χ0v) is 17.0. The molecule has 0 atom stereocenters. The molecular formula is C20H25N5OS. The largest absolute Gasteiger partial charge is 0.439 e. The first-order valence-corrected chi connectivity index (χ1v) is 9.85. The number of hydrogen-bond donors (Lipinski definition) is 1. The van der Waals surface area contributed by atoms with Crippen molar-refractivity contribution in [2.45, 2.75) is 33.9 Å². The molecule has 3 rings (SSSR count). The van der Waals surface area contributed by atoms with Gasteiger partial charge in [-0.25, -0.2) is 15.0 Å². The second-order valence-corrected chi connectivity index (χ2v) is 7.43. The Morgan fingerprint density at radius 3 is 2.70 bits per heavy atom. The lowest BCUT2D eigenvalue weighted by molar-refractivity contribution is 0.464. The first-order chi connectivity index (χ1) is 13.0. The molecule has 0 unspecified atom stereocenters. The van der Waals surface area contributed by atoms with Crippen LogP contribution in [0.5, 0.6) is 0 Å². The van der Waals surface area contributed by atoms with Gasteiger partial charge < -0.3 is 14.6 Å². The molecule has 1 aromatic carbocycles. The highest BCUT2D eigenvalue weighted by molar-refractivity contribution is 7.09. The summed E-state index contributed by atoms with van der Waals surface area (Å²) < 4.78 is 5.86. The van der Waals surface area contributed by atoms with E-state index < -0.39 is 0 Å². The lowest BCUT2D eigenvalue weighted by Crippen LogP contribution is -2.38. The third kappa shape index (κ3) is 5.17. The van der Waals surface area contributed by atoms with E-state index >= 15 is 0 Å². The average molecular weight is 384 g/mol. The maximum atomic E-state index is 5.86. The summed E-state index contributed by atoms with van der Waals surface area (Å²) in [7, 11) is 2.00. The Kier molecular flexibility index (Phi) is 6.24. The maximum Gasteiger partial charge on any atom is 0.216 e. The van der Waals surface area contributed by atoms with E-state index in [4.69, 9.17) is 4.42 Å². The predicted octanol–water partition coefficient (Wildman–Crippen LogP) is 4.01. The molecule has 0 aliphatic carbocycles. The highest BCUT2D eigenvalue weighted by atomic mass is 32.1. The molecule has 7 heteroatoms. The van der Waals surface area contributed by atoms with E-state index in [1.54, 1.807) is 17.5 Å². The van der Waals surface area contributed by atoms with E-state index in [2.05, 4.69) is 56.5 Å². The lowest BCUT2D eigenvalue weighted by Gasteiger charge is -2.20. The second kappa shape index (κ2) is 8.81. The summed E-state index contributed by atoms with van der Waals surface area (Å²) in [5.74, 6) is 2.16. The van der Waals surface area contributed by atoms with Crippen molar-refractivity contribution in [2.75, 3.05) is 13.6 Å². The Labute approximate surface area is 164 Å². The van der Waals surface area contributed by atoms with Crippen LogP contribution in [0.3, 0.4) is 0 Å². The van der Waals surface area contributed by atoms with Gasteiger partial charge in [0.1, 0.15) is 6.54 Å². The van der Waals surface area contributed by atoms with Gasteiger partial charge in [-0.1, -0.05) is 29.8 Å². The summed E-state index contributed by atoms with van der Waals surface area (Å²) in [5, 5.41) is 6.46. The van der Waals surface area contributed by atoms with Crippen molar-refractivity contribution in [3.05, 3.63) is 58.0 Å². The molecule has 2 aromatic heterocycles. The van der Waals surface area contributed by atoms with Crippen LogP contribution in [-0.4, -0.2) is 34.4 Å². The monoisotopic (exact) mass is 383 g/mol. The van der Waals surface area contributed by atoms with Crippen molar-refractivity contribution in [1.82, 2.24) is 20.2 Å². The number of thiazole rings is 1. The summed E-state index contributed by atoms with van der Waals surface area (Å²) in [5.41, 5.74) is 3.28. The van der Waals surface area contributed by atoms with Crippen molar-refractivity contribution in [3.8, 4) is 11.3 Å². The quantitative estimate of drug-likeness (QED) is 0.514. The molecule has 0 saturated heterocycles. The van der Waals surface area contributed by atoms with Gasteiger partial charge in [-0.2, -0.15) is 0 Å². The third-order valence-corrected chi connectivity index (χ3v) is 4.84. The van der Waals surface area contributed by atoms with E-state index in [1.165, 1.54) is 5.56 Å². The van der Waals surface area contributed by atoms with Crippen LogP contribution in [0.1, 0.15) is 29.1 Å². The molecule has 0 radical (unpaired) electrons. The Hall–Kier alpha value is -2.67. The molecule has 3 aromatic rings. The number of nitrogens with zero attached hydrogens (tertiary/aromatic N) is 4. The number of hydrogen-bond acceptors (Lipinski definition) is 5. The fourth-order valence-electron chi connectivity index (χ4n) is 2.65. The number of aryl methyl sites for hydroxylation is 2. The smallest absolute Gasteiger partial charge is 0.216 e. The van der Waals surface area contributed by atoms with Crippen LogP contribution in [0.2, 0.25) is 0 Å². The molecule has 0 aliphatic heterocycles. The highest BCUT2D eigenvalue weighted by Crippen LogP contribution is 2.21. The number of aliphatic imine (C=N–C) groups is 1. The maximum absolute atomic E-state index is 5.86. The van der Waals surface area contributed by atoms with Crippen molar-refractivity contribution >= 4 is 17.3 Å². The van der Waals surface area contributed by atoms with Gasteiger partial charge in [0.05, 0.1) is 23.4 Å². The third-order valence-electron chi connectivity index (χ3n) is 4.02. The van der Waals surface area contributed by atoms with Gasteiger partial charge in [-0.05, 0) is 20.8 Å². The Balaban J connectivity index is 1.68. The van der Waals surface area contributed by atoms with Crippen LogP contribution in [0.4, 0.5) is 0 Å². The van der Waals surface area contributed by atoms with Crippen LogP contribution in [0.15, 0.2) is 45.3 Å². The number of aromatic nitrogens is 2. The lowest BCUT2D eigenvalue weighted by atomic mass is 10.1. The number of guanidine groups is 1. The number of nitrogens with one attached hydrogen (secondary N) is 1. The minimum absolute atomic E-state index is 0.384.